The lowest BCUT2D eigenvalue weighted by atomic mass is 10.1. The molecule has 0 aliphatic rings. The van der Waals surface area contributed by atoms with Crippen molar-refractivity contribution in [3.63, 3.8) is 0 Å². The highest BCUT2D eigenvalue weighted by Crippen LogP contribution is 2.29. The van der Waals surface area contributed by atoms with Crippen molar-refractivity contribution in [1.82, 2.24) is 9.97 Å². The normalized spacial score (nSPS) is 10.6. The first-order valence-electron chi connectivity index (χ1n) is 5.56. The highest BCUT2D eigenvalue weighted by atomic mass is 35.5. The summed E-state index contributed by atoms with van der Waals surface area (Å²) in [5.41, 5.74) is 1.11. The Labute approximate surface area is 114 Å². The van der Waals surface area contributed by atoms with Crippen molar-refractivity contribution in [2.24, 2.45) is 0 Å². The summed E-state index contributed by atoms with van der Waals surface area (Å²) >= 11 is 5.53. The number of aryl methyl sites for hydroxylation is 1. The first kappa shape index (κ1) is 13.7. The van der Waals surface area contributed by atoms with Gasteiger partial charge in [-0.3, -0.25) is 0 Å². The van der Waals surface area contributed by atoms with Crippen LogP contribution in [0.3, 0.4) is 0 Å². The van der Waals surface area contributed by atoms with Crippen molar-refractivity contribution >= 4 is 17.5 Å². The van der Waals surface area contributed by atoms with Crippen molar-refractivity contribution in [3.8, 4) is 11.1 Å². The molecule has 0 spiro atoms. The lowest BCUT2D eigenvalue weighted by Gasteiger charge is -2.13. The summed E-state index contributed by atoms with van der Waals surface area (Å²) in [6, 6.07) is 2.73. The molecule has 0 radical (unpaired) electrons. The van der Waals surface area contributed by atoms with Gasteiger partial charge in [0.1, 0.15) is 0 Å². The summed E-state index contributed by atoms with van der Waals surface area (Å²) in [4.78, 5) is 10.1. The number of aromatic nitrogens is 2. The second kappa shape index (κ2) is 5.09. The fourth-order valence-corrected chi connectivity index (χ4v) is 1.81. The molecule has 0 aliphatic carbocycles. The van der Waals surface area contributed by atoms with E-state index in [0.29, 0.717) is 17.2 Å². The van der Waals surface area contributed by atoms with Gasteiger partial charge in [-0.05, 0) is 19.1 Å². The van der Waals surface area contributed by atoms with E-state index < -0.39 is 11.6 Å². The highest BCUT2D eigenvalue weighted by molar-refractivity contribution is 6.30. The summed E-state index contributed by atoms with van der Waals surface area (Å²) in [6.07, 6.45) is 1.48. The van der Waals surface area contributed by atoms with E-state index in [-0.39, 0.29) is 10.6 Å². The van der Waals surface area contributed by atoms with E-state index in [0.717, 1.165) is 0 Å². The second-order valence-electron chi connectivity index (χ2n) is 4.29. The lowest BCUT2D eigenvalue weighted by molar-refractivity contribution is 0.511. The van der Waals surface area contributed by atoms with Crippen molar-refractivity contribution in [2.45, 2.75) is 6.92 Å². The summed E-state index contributed by atoms with van der Waals surface area (Å²) < 4.78 is 27.3. The van der Waals surface area contributed by atoms with Crippen LogP contribution in [0, 0.1) is 18.6 Å². The van der Waals surface area contributed by atoms with Crippen molar-refractivity contribution < 1.29 is 8.78 Å². The van der Waals surface area contributed by atoms with Crippen LogP contribution < -0.4 is 4.90 Å². The smallest absolute Gasteiger partial charge is 0.225 e. The number of hydrogen-bond donors (Lipinski definition) is 0. The minimum Gasteiger partial charge on any atom is -0.347 e. The Morgan fingerprint density at radius 1 is 1.11 bits per heavy atom. The monoisotopic (exact) mass is 283 g/mol. The molecule has 3 nitrogen and oxygen atoms in total. The van der Waals surface area contributed by atoms with Gasteiger partial charge in [0.15, 0.2) is 11.6 Å². The van der Waals surface area contributed by atoms with Crippen LogP contribution in [0.1, 0.15) is 5.69 Å². The van der Waals surface area contributed by atoms with E-state index in [9.17, 15) is 8.78 Å². The minimum absolute atomic E-state index is 0.102. The van der Waals surface area contributed by atoms with Crippen LogP contribution in [0.25, 0.3) is 11.1 Å². The molecule has 1 aromatic carbocycles. The molecule has 0 amide bonds. The molecule has 0 atom stereocenters. The highest BCUT2D eigenvalue weighted by Gasteiger charge is 2.16. The van der Waals surface area contributed by atoms with Crippen LogP contribution in [-0.4, -0.2) is 24.1 Å². The fourth-order valence-electron chi connectivity index (χ4n) is 1.67. The van der Waals surface area contributed by atoms with Gasteiger partial charge in [-0.15, -0.1) is 0 Å². The van der Waals surface area contributed by atoms with Gasteiger partial charge in [0.25, 0.3) is 0 Å². The third-order valence-electron chi connectivity index (χ3n) is 2.69. The topological polar surface area (TPSA) is 29.0 Å². The van der Waals surface area contributed by atoms with Crippen LogP contribution in [0.15, 0.2) is 18.3 Å². The average Bonchev–Trinajstić information content (AvgIpc) is 2.37. The number of halogens is 3. The minimum atomic E-state index is -1.06. The summed E-state index contributed by atoms with van der Waals surface area (Å²) in [5.74, 6) is -1.54. The van der Waals surface area contributed by atoms with E-state index in [4.69, 9.17) is 11.6 Å². The molecule has 1 heterocycles. The van der Waals surface area contributed by atoms with Crippen LogP contribution in [-0.2, 0) is 0 Å². The first-order valence-corrected chi connectivity index (χ1v) is 5.94. The van der Waals surface area contributed by atoms with E-state index in [1.807, 2.05) is 0 Å². The zero-order chi connectivity index (χ0) is 14.2. The summed E-state index contributed by atoms with van der Waals surface area (Å²) in [7, 11) is 3.61. The van der Waals surface area contributed by atoms with Crippen LogP contribution >= 0.6 is 11.6 Å². The summed E-state index contributed by atoms with van der Waals surface area (Å²) in [5, 5.41) is -0.246. The zero-order valence-corrected chi connectivity index (χ0v) is 11.5. The second-order valence-corrected chi connectivity index (χ2v) is 4.69. The van der Waals surface area contributed by atoms with Crippen LogP contribution in [0.4, 0.5) is 14.7 Å². The number of hydrogen-bond acceptors (Lipinski definition) is 3. The Bertz CT molecular complexity index is 630. The molecule has 2 rings (SSSR count). The van der Waals surface area contributed by atoms with Crippen molar-refractivity contribution in [2.75, 3.05) is 19.0 Å². The van der Waals surface area contributed by atoms with Crippen molar-refractivity contribution in [1.29, 1.82) is 0 Å². The molecule has 0 bridgehead atoms. The van der Waals surface area contributed by atoms with E-state index in [2.05, 4.69) is 9.97 Å². The van der Waals surface area contributed by atoms with Gasteiger partial charge in [-0.25, -0.2) is 18.7 Å². The van der Waals surface area contributed by atoms with E-state index in [1.54, 1.807) is 25.9 Å². The molecule has 0 fully saturated rings. The largest absolute Gasteiger partial charge is 0.347 e. The van der Waals surface area contributed by atoms with E-state index >= 15 is 0 Å². The molecule has 1 aromatic heterocycles. The van der Waals surface area contributed by atoms with Gasteiger partial charge < -0.3 is 4.90 Å². The molecule has 0 saturated heterocycles. The molecule has 0 saturated carbocycles. The Balaban J connectivity index is 2.57. The maximum atomic E-state index is 13.9. The zero-order valence-electron chi connectivity index (χ0n) is 10.7. The third kappa shape index (κ3) is 2.51. The number of benzene rings is 1. The molecule has 0 N–H and O–H groups in total. The predicted octanol–water partition coefficient (Wildman–Crippen LogP) is 3.45. The molecule has 6 heteroatoms. The Morgan fingerprint density at radius 2 is 1.79 bits per heavy atom. The molecule has 100 valence electrons. The Kier molecular flexibility index (Phi) is 3.66. The van der Waals surface area contributed by atoms with Gasteiger partial charge in [-0.2, -0.15) is 0 Å². The molecule has 19 heavy (non-hydrogen) atoms. The lowest BCUT2D eigenvalue weighted by Crippen LogP contribution is -2.13. The predicted molar refractivity (Wildman–Crippen MR) is 71.5 cm³/mol. The average molecular weight is 284 g/mol. The molecular weight excluding hydrogens is 272 g/mol. The van der Waals surface area contributed by atoms with Crippen LogP contribution in [0.2, 0.25) is 5.02 Å². The fraction of sp³-hybridized carbons (Fsp3) is 0.231. The molecular formula is C13H12ClF2N3. The van der Waals surface area contributed by atoms with Crippen LogP contribution in [0.5, 0.6) is 0 Å². The molecule has 2 aromatic rings. The third-order valence-corrected chi connectivity index (χ3v) is 2.98. The van der Waals surface area contributed by atoms with Gasteiger partial charge in [-0.1, -0.05) is 11.6 Å². The molecule has 0 aliphatic heterocycles. The quantitative estimate of drug-likeness (QED) is 0.791. The number of anilines is 1. The Hall–Kier alpha value is -1.75. The Morgan fingerprint density at radius 3 is 2.37 bits per heavy atom. The van der Waals surface area contributed by atoms with Gasteiger partial charge in [0.05, 0.1) is 10.7 Å². The maximum Gasteiger partial charge on any atom is 0.225 e. The molecule has 0 unspecified atom stereocenters. The standard InChI is InChI=1S/C13H12ClF2N3/c1-7-9(6-17-13(18-7)19(2)3)8-4-5-10(14)12(16)11(8)15/h4-6H,1-3H3. The SMILES string of the molecule is Cc1nc(N(C)C)ncc1-c1ccc(Cl)c(F)c1F. The van der Waals surface area contributed by atoms with Gasteiger partial charge >= 0.3 is 0 Å². The van der Waals surface area contributed by atoms with Gasteiger partial charge in [0.2, 0.25) is 5.95 Å². The van der Waals surface area contributed by atoms with E-state index in [1.165, 1.54) is 18.3 Å². The summed E-state index contributed by atoms with van der Waals surface area (Å²) in [6.45, 7) is 1.72. The number of rotatable bonds is 2. The van der Waals surface area contributed by atoms with Crippen molar-refractivity contribution in [3.05, 3.63) is 40.7 Å². The van der Waals surface area contributed by atoms with Gasteiger partial charge in [0, 0.05) is 31.4 Å². The maximum absolute atomic E-state index is 13.9. The number of nitrogens with zero attached hydrogens (tertiary/aromatic N) is 3. The first-order chi connectivity index (χ1) is 8.91.